The Morgan fingerprint density at radius 1 is 1.24 bits per heavy atom. The molecule has 7 heteroatoms. The lowest BCUT2D eigenvalue weighted by Gasteiger charge is -2.33. The third kappa shape index (κ3) is 4.90. The number of carbonyl (C=O) groups excluding carboxylic acids is 1. The highest BCUT2D eigenvalue weighted by Gasteiger charge is 2.38. The highest BCUT2D eigenvalue weighted by atomic mass is 35.5. The third-order valence-corrected chi connectivity index (χ3v) is 5.27. The maximum absolute atomic E-state index is 12.2. The summed E-state index contributed by atoms with van der Waals surface area (Å²) in [6.45, 7) is 2.23. The molecule has 0 aromatic heterocycles. The first-order valence-electron chi connectivity index (χ1n) is 9.52. The molecule has 0 unspecified atom stereocenters. The first-order chi connectivity index (χ1) is 14.0. The van der Waals surface area contributed by atoms with Crippen LogP contribution in [-0.4, -0.2) is 48.5 Å². The molecule has 0 aliphatic carbocycles. The van der Waals surface area contributed by atoms with Crippen LogP contribution in [0.1, 0.15) is 36.1 Å². The van der Waals surface area contributed by atoms with Crippen molar-refractivity contribution in [1.29, 1.82) is 0 Å². The van der Waals surface area contributed by atoms with E-state index in [1.165, 1.54) is 7.11 Å². The molecular formula is C22H25ClO6. The van der Waals surface area contributed by atoms with E-state index in [4.69, 9.17) is 25.8 Å². The number of hydrogen-bond donors (Lipinski definition) is 2. The molecule has 3 atom stereocenters. The summed E-state index contributed by atoms with van der Waals surface area (Å²) < 4.78 is 16.7. The van der Waals surface area contributed by atoms with E-state index in [0.717, 1.165) is 16.9 Å². The predicted molar refractivity (Wildman–Crippen MR) is 109 cm³/mol. The van der Waals surface area contributed by atoms with Crippen LogP contribution < -0.4 is 9.47 Å². The average molecular weight is 421 g/mol. The summed E-state index contributed by atoms with van der Waals surface area (Å²) in [7, 11) is 1.49. The summed E-state index contributed by atoms with van der Waals surface area (Å²) in [6, 6.07) is 11.2. The standard InChI is InChI=1S/C22H25ClO6/c1-3-28-15-6-4-13(5-7-15)8-14-9-17(20(27-2)11-18(14)23)22-21(26)19(25)10-16(12-24)29-22/h4-7,9,11,16,21-22,24,26H,3,8,10,12H2,1-2H3/t16-,21-,22-/m0/s1. The van der Waals surface area contributed by atoms with Gasteiger partial charge in [0.25, 0.3) is 0 Å². The number of carbonyl (C=O) groups is 1. The van der Waals surface area contributed by atoms with Gasteiger partial charge in [0, 0.05) is 17.0 Å². The lowest BCUT2D eigenvalue weighted by atomic mass is 9.92. The minimum absolute atomic E-state index is 0.0247. The van der Waals surface area contributed by atoms with Crippen LogP contribution in [0.4, 0.5) is 0 Å². The van der Waals surface area contributed by atoms with Crippen molar-refractivity contribution < 1.29 is 29.2 Å². The van der Waals surface area contributed by atoms with Crippen LogP contribution in [0.25, 0.3) is 0 Å². The molecule has 2 aromatic rings. The largest absolute Gasteiger partial charge is 0.496 e. The molecule has 1 aliphatic rings. The first-order valence-corrected chi connectivity index (χ1v) is 9.89. The second kappa shape index (κ2) is 9.59. The number of Topliss-reactive ketones (excluding diaryl/α,β-unsaturated/α-hetero) is 1. The van der Waals surface area contributed by atoms with Gasteiger partial charge in [-0.1, -0.05) is 23.7 Å². The second-order valence-electron chi connectivity index (χ2n) is 6.92. The maximum atomic E-state index is 12.2. The van der Waals surface area contributed by atoms with Gasteiger partial charge in [0.1, 0.15) is 23.7 Å². The van der Waals surface area contributed by atoms with Gasteiger partial charge in [-0.3, -0.25) is 4.79 Å². The highest BCUT2D eigenvalue weighted by molar-refractivity contribution is 6.31. The van der Waals surface area contributed by atoms with Crippen LogP contribution >= 0.6 is 11.6 Å². The Morgan fingerprint density at radius 3 is 2.59 bits per heavy atom. The molecule has 0 bridgehead atoms. The van der Waals surface area contributed by atoms with Crippen molar-refractivity contribution in [2.75, 3.05) is 20.3 Å². The Kier molecular flexibility index (Phi) is 7.14. The first kappa shape index (κ1) is 21.6. The van der Waals surface area contributed by atoms with E-state index in [-0.39, 0.29) is 18.8 Å². The fraction of sp³-hybridized carbons (Fsp3) is 0.409. The van der Waals surface area contributed by atoms with Gasteiger partial charge in [-0.15, -0.1) is 0 Å². The van der Waals surface area contributed by atoms with Crippen molar-refractivity contribution in [3.05, 3.63) is 58.1 Å². The van der Waals surface area contributed by atoms with Gasteiger partial charge in [0.05, 0.1) is 26.4 Å². The summed E-state index contributed by atoms with van der Waals surface area (Å²) >= 11 is 6.46. The van der Waals surface area contributed by atoms with Gasteiger partial charge in [-0.25, -0.2) is 0 Å². The molecule has 0 amide bonds. The van der Waals surface area contributed by atoms with Crippen molar-refractivity contribution in [1.82, 2.24) is 0 Å². The van der Waals surface area contributed by atoms with Crippen LogP contribution in [0.15, 0.2) is 36.4 Å². The van der Waals surface area contributed by atoms with Gasteiger partial charge >= 0.3 is 0 Å². The number of ether oxygens (including phenoxy) is 3. The number of ketones is 1. The minimum atomic E-state index is -1.33. The Hall–Kier alpha value is -2.12. The van der Waals surface area contributed by atoms with E-state index in [9.17, 15) is 15.0 Å². The number of aliphatic hydroxyl groups excluding tert-OH is 2. The second-order valence-corrected chi connectivity index (χ2v) is 7.32. The van der Waals surface area contributed by atoms with Crippen LogP contribution in [-0.2, 0) is 16.0 Å². The lowest BCUT2D eigenvalue weighted by molar-refractivity contribution is -0.163. The topological polar surface area (TPSA) is 85.2 Å². The van der Waals surface area contributed by atoms with Gasteiger partial charge in [0.15, 0.2) is 5.78 Å². The molecule has 1 aliphatic heterocycles. The van der Waals surface area contributed by atoms with Crippen molar-refractivity contribution in [2.45, 2.75) is 38.1 Å². The van der Waals surface area contributed by atoms with E-state index in [0.29, 0.717) is 29.4 Å². The molecule has 2 N–H and O–H groups in total. The fourth-order valence-electron chi connectivity index (χ4n) is 3.44. The van der Waals surface area contributed by atoms with Gasteiger partial charge in [-0.2, -0.15) is 0 Å². The SMILES string of the molecule is CCOc1ccc(Cc2cc([C@@H]3O[C@H](CO)CC(=O)[C@@H]3O)c(OC)cc2Cl)cc1. The molecule has 1 heterocycles. The maximum Gasteiger partial charge on any atom is 0.166 e. The lowest BCUT2D eigenvalue weighted by Crippen LogP contribution is -2.41. The monoisotopic (exact) mass is 420 g/mol. The number of aliphatic hydroxyl groups is 2. The number of rotatable bonds is 7. The molecule has 0 spiro atoms. The molecule has 0 radical (unpaired) electrons. The summed E-state index contributed by atoms with van der Waals surface area (Å²) in [4.78, 5) is 12.2. The quantitative estimate of drug-likeness (QED) is 0.716. The van der Waals surface area contributed by atoms with E-state index in [2.05, 4.69) is 0 Å². The Morgan fingerprint density at radius 2 is 1.97 bits per heavy atom. The molecular weight excluding hydrogens is 396 g/mol. The average Bonchev–Trinajstić information content (AvgIpc) is 2.72. The molecule has 156 valence electrons. The van der Waals surface area contributed by atoms with Crippen molar-refractivity contribution >= 4 is 17.4 Å². The Bertz CT molecular complexity index is 851. The molecule has 2 aromatic carbocycles. The smallest absolute Gasteiger partial charge is 0.166 e. The van der Waals surface area contributed by atoms with E-state index in [1.54, 1.807) is 12.1 Å². The Labute approximate surface area is 175 Å². The predicted octanol–water partition coefficient (Wildman–Crippen LogP) is 3.09. The van der Waals surface area contributed by atoms with Crippen LogP contribution in [0.5, 0.6) is 11.5 Å². The number of halogens is 1. The zero-order chi connectivity index (χ0) is 21.0. The van der Waals surface area contributed by atoms with E-state index < -0.39 is 18.3 Å². The summed E-state index contributed by atoms with van der Waals surface area (Å²) in [6.07, 6.45) is -2.40. The molecule has 6 nitrogen and oxygen atoms in total. The zero-order valence-electron chi connectivity index (χ0n) is 16.4. The number of hydrogen-bond acceptors (Lipinski definition) is 6. The van der Waals surface area contributed by atoms with Crippen LogP contribution in [0.3, 0.4) is 0 Å². The summed E-state index contributed by atoms with van der Waals surface area (Å²) in [5.74, 6) is 0.844. The molecule has 0 saturated carbocycles. The Balaban J connectivity index is 1.92. The van der Waals surface area contributed by atoms with Crippen molar-refractivity contribution in [3.8, 4) is 11.5 Å². The summed E-state index contributed by atoms with van der Waals surface area (Å²) in [5.41, 5.74) is 2.36. The van der Waals surface area contributed by atoms with Crippen LogP contribution in [0.2, 0.25) is 5.02 Å². The van der Waals surface area contributed by atoms with Crippen LogP contribution in [0, 0.1) is 0 Å². The van der Waals surface area contributed by atoms with E-state index >= 15 is 0 Å². The number of benzene rings is 2. The summed E-state index contributed by atoms with van der Waals surface area (Å²) in [5, 5.41) is 20.3. The van der Waals surface area contributed by atoms with Gasteiger partial charge < -0.3 is 24.4 Å². The normalized spacial score (nSPS) is 21.8. The molecule has 29 heavy (non-hydrogen) atoms. The molecule has 3 rings (SSSR count). The van der Waals surface area contributed by atoms with Gasteiger partial charge in [0.2, 0.25) is 0 Å². The highest BCUT2D eigenvalue weighted by Crippen LogP contribution is 2.38. The van der Waals surface area contributed by atoms with Gasteiger partial charge in [-0.05, 0) is 48.7 Å². The third-order valence-electron chi connectivity index (χ3n) is 4.92. The fourth-order valence-corrected chi connectivity index (χ4v) is 3.66. The van der Waals surface area contributed by atoms with E-state index in [1.807, 2.05) is 31.2 Å². The van der Waals surface area contributed by atoms with Crippen molar-refractivity contribution in [2.24, 2.45) is 0 Å². The number of methoxy groups -OCH3 is 1. The zero-order valence-corrected chi connectivity index (χ0v) is 17.2. The molecule has 1 saturated heterocycles. The minimum Gasteiger partial charge on any atom is -0.496 e. The van der Waals surface area contributed by atoms with Crippen molar-refractivity contribution in [3.63, 3.8) is 0 Å². The molecule has 1 fully saturated rings.